The molecule has 3 rings (SSSR count). The molecule has 0 aliphatic carbocycles. The van der Waals surface area contributed by atoms with E-state index < -0.39 is 5.97 Å². The van der Waals surface area contributed by atoms with Gasteiger partial charge in [-0.1, -0.05) is 37.1 Å². The lowest BCUT2D eigenvalue weighted by molar-refractivity contribution is 0.0599. The maximum absolute atomic E-state index is 12.7. The van der Waals surface area contributed by atoms with Crippen molar-refractivity contribution in [1.29, 1.82) is 0 Å². The number of thiol groups is 1. The Bertz CT molecular complexity index is 872. The van der Waals surface area contributed by atoms with E-state index in [2.05, 4.69) is 17.8 Å². The second kappa shape index (κ2) is 5.65. The van der Waals surface area contributed by atoms with E-state index in [4.69, 9.17) is 4.74 Å². The van der Waals surface area contributed by atoms with E-state index in [0.717, 1.165) is 0 Å². The van der Waals surface area contributed by atoms with Gasteiger partial charge in [-0.2, -0.15) is 0 Å². The minimum Gasteiger partial charge on any atom is -0.465 e. The number of hydrogen-bond acceptors (Lipinski definition) is 5. The number of ether oxygens (including phenoxy) is 1. The van der Waals surface area contributed by atoms with Crippen LogP contribution in [0.2, 0.25) is 0 Å². The Balaban J connectivity index is 2.31. The van der Waals surface area contributed by atoms with E-state index in [1.165, 1.54) is 17.3 Å². The Morgan fingerprint density at radius 1 is 1.14 bits per heavy atom. The Kier molecular flexibility index (Phi) is 3.68. The molecule has 3 aromatic rings. The molecular formula is C16H12N2O3S. The minimum atomic E-state index is -0.580. The van der Waals surface area contributed by atoms with Crippen LogP contribution in [0.1, 0.15) is 26.5 Å². The molecule has 0 unspecified atom stereocenters. The van der Waals surface area contributed by atoms with E-state index in [1.807, 2.05) is 6.07 Å². The molecule has 0 aliphatic heterocycles. The lowest BCUT2D eigenvalue weighted by Crippen LogP contribution is -2.13. The standard InChI is InChI=1S/C16H12N2O3S/c1-21-16(20)13-10-6-2-3-8-12(10)18(22)14(13)15(19)11-7-4-5-9-17-11/h2-9,22H,1H3. The SMILES string of the molecule is COC(=O)c1c(C(=O)c2ccccn2)n(S)c2ccccc12. The van der Waals surface area contributed by atoms with Crippen molar-refractivity contribution >= 4 is 35.5 Å². The van der Waals surface area contributed by atoms with E-state index in [9.17, 15) is 9.59 Å². The summed E-state index contributed by atoms with van der Waals surface area (Å²) >= 11 is 4.37. The molecule has 0 spiro atoms. The maximum atomic E-state index is 12.7. The highest BCUT2D eigenvalue weighted by Gasteiger charge is 2.28. The zero-order valence-electron chi connectivity index (χ0n) is 11.7. The van der Waals surface area contributed by atoms with E-state index >= 15 is 0 Å². The first-order chi connectivity index (χ1) is 10.6. The van der Waals surface area contributed by atoms with Crippen LogP contribution in [0.3, 0.4) is 0 Å². The van der Waals surface area contributed by atoms with Crippen molar-refractivity contribution in [2.45, 2.75) is 0 Å². The van der Waals surface area contributed by atoms with Crippen LogP contribution < -0.4 is 0 Å². The zero-order valence-corrected chi connectivity index (χ0v) is 12.6. The molecule has 110 valence electrons. The number of esters is 1. The molecule has 0 bridgehead atoms. The van der Waals surface area contributed by atoms with Gasteiger partial charge in [0.05, 0.1) is 18.2 Å². The number of methoxy groups -OCH3 is 1. The lowest BCUT2D eigenvalue weighted by atomic mass is 10.1. The van der Waals surface area contributed by atoms with Crippen LogP contribution in [0.5, 0.6) is 0 Å². The Labute approximate surface area is 132 Å². The van der Waals surface area contributed by atoms with Crippen molar-refractivity contribution in [2.24, 2.45) is 0 Å². The molecule has 2 aromatic heterocycles. The first kappa shape index (κ1) is 14.3. The average molecular weight is 312 g/mol. The minimum absolute atomic E-state index is 0.148. The van der Waals surface area contributed by atoms with Gasteiger partial charge in [0, 0.05) is 11.6 Å². The van der Waals surface area contributed by atoms with Gasteiger partial charge >= 0.3 is 5.97 Å². The Hall–Kier alpha value is -2.60. The Morgan fingerprint density at radius 2 is 1.86 bits per heavy atom. The maximum Gasteiger partial charge on any atom is 0.340 e. The first-order valence-corrected chi connectivity index (χ1v) is 6.92. The van der Waals surface area contributed by atoms with Gasteiger partial charge in [-0.15, -0.1) is 0 Å². The summed E-state index contributed by atoms with van der Waals surface area (Å²) in [7, 11) is 1.28. The topological polar surface area (TPSA) is 61.2 Å². The van der Waals surface area contributed by atoms with Crippen molar-refractivity contribution in [3.8, 4) is 0 Å². The first-order valence-electron chi connectivity index (χ1n) is 6.52. The van der Waals surface area contributed by atoms with Crippen LogP contribution in [0, 0.1) is 0 Å². The lowest BCUT2D eigenvalue weighted by Gasteiger charge is -2.04. The number of para-hydroxylation sites is 1. The van der Waals surface area contributed by atoms with Crippen molar-refractivity contribution < 1.29 is 14.3 Å². The van der Waals surface area contributed by atoms with Gasteiger partial charge in [-0.25, -0.2) is 4.79 Å². The van der Waals surface area contributed by atoms with E-state index in [0.29, 0.717) is 10.9 Å². The van der Waals surface area contributed by atoms with Crippen LogP contribution in [-0.2, 0) is 4.74 Å². The van der Waals surface area contributed by atoms with Gasteiger partial charge in [-0.3, -0.25) is 13.8 Å². The number of ketones is 1. The molecule has 0 atom stereocenters. The van der Waals surface area contributed by atoms with Crippen LogP contribution >= 0.6 is 12.8 Å². The number of pyridine rings is 1. The number of rotatable bonds is 3. The van der Waals surface area contributed by atoms with E-state index in [1.54, 1.807) is 36.4 Å². The van der Waals surface area contributed by atoms with Gasteiger partial charge in [0.2, 0.25) is 5.78 Å². The monoisotopic (exact) mass is 312 g/mol. The predicted octanol–water partition coefficient (Wildman–Crippen LogP) is 2.75. The molecule has 0 radical (unpaired) electrons. The zero-order chi connectivity index (χ0) is 15.7. The third-order valence-corrected chi connectivity index (χ3v) is 3.77. The summed E-state index contributed by atoms with van der Waals surface area (Å²) in [5.74, 6) is -0.963. The highest BCUT2D eigenvalue weighted by molar-refractivity contribution is 7.78. The number of aromatic nitrogens is 2. The smallest absolute Gasteiger partial charge is 0.340 e. The fraction of sp³-hybridized carbons (Fsp3) is 0.0625. The van der Waals surface area contributed by atoms with Crippen molar-refractivity contribution in [1.82, 2.24) is 8.96 Å². The molecule has 0 amide bonds. The quantitative estimate of drug-likeness (QED) is 0.459. The Morgan fingerprint density at radius 3 is 2.55 bits per heavy atom. The molecule has 0 saturated heterocycles. The molecule has 2 heterocycles. The third kappa shape index (κ3) is 2.17. The van der Waals surface area contributed by atoms with Gasteiger partial charge in [0.25, 0.3) is 0 Å². The predicted molar refractivity (Wildman–Crippen MR) is 85.3 cm³/mol. The number of fused-ring (bicyclic) bond motifs is 1. The number of carbonyl (C=O) groups is 2. The van der Waals surface area contributed by atoms with Crippen molar-refractivity contribution in [2.75, 3.05) is 7.11 Å². The number of carbonyl (C=O) groups excluding carboxylic acids is 2. The van der Waals surface area contributed by atoms with Gasteiger partial charge in [-0.05, 0) is 18.2 Å². The average Bonchev–Trinajstić information content (AvgIpc) is 2.87. The van der Waals surface area contributed by atoms with Gasteiger partial charge in [0.1, 0.15) is 11.4 Å². The van der Waals surface area contributed by atoms with Gasteiger partial charge in [0.15, 0.2) is 0 Å². The van der Waals surface area contributed by atoms with Crippen LogP contribution in [-0.4, -0.2) is 27.8 Å². The molecular weight excluding hydrogens is 300 g/mol. The summed E-state index contributed by atoms with van der Waals surface area (Å²) in [5, 5.41) is 0.614. The molecule has 6 heteroatoms. The van der Waals surface area contributed by atoms with Crippen LogP contribution in [0.4, 0.5) is 0 Å². The second-order valence-corrected chi connectivity index (χ2v) is 4.99. The normalized spacial score (nSPS) is 10.6. The highest BCUT2D eigenvalue weighted by atomic mass is 32.1. The number of hydrogen-bond donors (Lipinski definition) is 1. The van der Waals surface area contributed by atoms with Gasteiger partial charge < -0.3 is 4.74 Å². The fourth-order valence-corrected chi connectivity index (χ4v) is 2.73. The van der Waals surface area contributed by atoms with Crippen LogP contribution in [0.15, 0.2) is 48.7 Å². The van der Waals surface area contributed by atoms with Crippen LogP contribution in [0.25, 0.3) is 10.9 Å². The molecule has 0 N–H and O–H groups in total. The third-order valence-electron chi connectivity index (χ3n) is 3.35. The number of benzene rings is 1. The summed E-state index contributed by atoms with van der Waals surface area (Å²) in [5.41, 5.74) is 1.25. The molecule has 0 aliphatic rings. The summed E-state index contributed by atoms with van der Waals surface area (Å²) in [6.07, 6.45) is 1.52. The fourth-order valence-electron chi connectivity index (χ4n) is 2.36. The molecule has 1 aromatic carbocycles. The number of nitrogens with zero attached hydrogens (tertiary/aromatic N) is 2. The summed E-state index contributed by atoms with van der Waals surface area (Å²) < 4.78 is 6.23. The molecule has 22 heavy (non-hydrogen) atoms. The summed E-state index contributed by atoms with van der Waals surface area (Å²) in [4.78, 5) is 28.9. The largest absolute Gasteiger partial charge is 0.465 e. The molecule has 0 saturated carbocycles. The second-order valence-electron chi connectivity index (χ2n) is 4.59. The van der Waals surface area contributed by atoms with Crippen molar-refractivity contribution in [3.63, 3.8) is 0 Å². The molecule has 0 fully saturated rings. The highest BCUT2D eigenvalue weighted by Crippen LogP contribution is 2.29. The summed E-state index contributed by atoms with van der Waals surface area (Å²) in [6, 6.07) is 12.2. The summed E-state index contributed by atoms with van der Waals surface area (Å²) in [6.45, 7) is 0. The molecule has 5 nitrogen and oxygen atoms in total. The van der Waals surface area contributed by atoms with Crippen molar-refractivity contribution in [3.05, 3.63) is 65.6 Å². The van der Waals surface area contributed by atoms with E-state index in [-0.39, 0.29) is 22.7 Å².